The van der Waals surface area contributed by atoms with E-state index in [1.807, 2.05) is 54.8 Å². The van der Waals surface area contributed by atoms with Gasteiger partial charge in [0, 0.05) is 11.4 Å². The Morgan fingerprint density at radius 2 is 2.06 bits per heavy atom. The topological polar surface area (TPSA) is 72.7 Å². The molecular weight excluding hydrogens is 458 g/mol. The zero-order valence-electron chi connectivity index (χ0n) is 17.8. The van der Waals surface area contributed by atoms with Gasteiger partial charge in [0.05, 0.1) is 21.2 Å². The SMILES string of the molecule is C=CCn1c(CSc2ccccc2)nnc1SC(C)C(=O)Nc1nc2ccc(C)cc2s1. The minimum absolute atomic E-state index is 0.112. The summed E-state index contributed by atoms with van der Waals surface area (Å²) in [6.07, 6.45) is 1.82. The zero-order chi connectivity index (χ0) is 22.5. The molecular formula is C23H23N5OS3. The maximum absolute atomic E-state index is 12.8. The third kappa shape index (κ3) is 5.40. The van der Waals surface area contributed by atoms with Crippen LogP contribution in [0, 0.1) is 6.92 Å². The van der Waals surface area contributed by atoms with Crippen molar-refractivity contribution < 1.29 is 4.79 Å². The number of fused-ring (bicyclic) bond motifs is 1. The fourth-order valence-corrected chi connectivity index (χ4v) is 5.70. The molecule has 0 aliphatic carbocycles. The van der Waals surface area contributed by atoms with Crippen LogP contribution in [0.4, 0.5) is 5.13 Å². The fraction of sp³-hybridized carbons (Fsp3) is 0.217. The van der Waals surface area contributed by atoms with E-state index in [-0.39, 0.29) is 11.2 Å². The molecule has 164 valence electrons. The lowest BCUT2D eigenvalue weighted by molar-refractivity contribution is -0.115. The number of carbonyl (C=O) groups excluding carboxylic acids is 1. The Morgan fingerprint density at radius 3 is 2.84 bits per heavy atom. The first-order chi connectivity index (χ1) is 15.5. The van der Waals surface area contributed by atoms with Crippen LogP contribution in [0.1, 0.15) is 18.3 Å². The van der Waals surface area contributed by atoms with Gasteiger partial charge in [-0.2, -0.15) is 0 Å². The molecule has 2 aromatic heterocycles. The molecule has 1 N–H and O–H groups in total. The van der Waals surface area contributed by atoms with E-state index >= 15 is 0 Å². The molecule has 0 saturated heterocycles. The highest BCUT2D eigenvalue weighted by molar-refractivity contribution is 8.00. The van der Waals surface area contributed by atoms with Crippen molar-refractivity contribution >= 4 is 56.1 Å². The van der Waals surface area contributed by atoms with Crippen molar-refractivity contribution in [1.29, 1.82) is 0 Å². The summed E-state index contributed by atoms with van der Waals surface area (Å²) in [6, 6.07) is 16.3. The quantitative estimate of drug-likeness (QED) is 0.241. The highest BCUT2D eigenvalue weighted by atomic mass is 32.2. The molecule has 2 aromatic carbocycles. The van der Waals surface area contributed by atoms with E-state index in [4.69, 9.17) is 0 Å². The summed E-state index contributed by atoms with van der Waals surface area (Å²) in [4.78, 5) is 18.5. The second-order valence-electron chi connectivity index (χ2n) is 7.14. The van der Waals surface area contributed by atoms with Crippen LogP contribution in [0.3, 0.4) is 0 Å². The molecule has 0 spiro atoms. The van der Waals surface area contributed by atoms with Crippen LogP contribution in [0.5, 0.6) is 0 Å². The van der Waals surface area contributed by atoms with Gasteiger partial charge in [-0.1, -0.05) is 53.4 Å². The van der Waals surface area contributed by atoms with Crippen LogP contribution in [0.25, 0.3) is 10.2 Å². The molecule has 2 heterocycles. The minimum atomic E-state index is -0.355. The second-order valence-corrected chi connectivity index (χ2v) is 10.5. The third-order valence-corrected chi connectivity index (χ3v) is 7.66. The molecule has 0 aliphatic rings. The standard InChI is InChI=1S/C23H23N5OS3/c1-4-12-28-20(14-30-17-8-6-5-7-9-17)26-27-23(28)31-16(3)21(29)25-22-24-18-11-10-15(2)13-19(18)32-22/h4-11,13,16H,1,12,14H2,2-3H3,(H,24,25,29). The number of aryl methyl sites for hydroxylation is 1. The first-order valence-corrected chi connectivity index (χ1v) is 12.8. The van der Waals surface area contributed by atoms with Crippen molar-refractivity contribution in [2.45, 2.75) is 41.4 Å². The van der Waals surface area contributed by atoms with Crippen LogP contribution in [0.2, 0.25) is 0 Å². The van der Waals surface area contributed by atoms with E-state index in [2.05, 4.69) is 45.3 Å². The number of rotatable bonds is 9. The predicted molar refractivity (Wildman–Crippen MR) is 135 cm³/mol. The lowest BCUT2D eigenvalue weighted by Gasteiger charge is -2.11. The molecule has 0 saturated carbocycles. The Balaban J connectivity index is 1.43. The molecule has 9 heteroatoms. The summed E-state index contributed by atoms with van der Waals surface area (Å²) < 4.78 is 3.07. The Bertz CT molecular complexity index is 1240. The van der Waals surface area contributed by atoms with E-state index in [9.17, 15) is 4.79 Å². The minimum Gasteiger partial charge on any atom is -0.301 e. The van der Waals surface area contributed by atoms with Gasteiger partial charge in [0.1, 0.15) is 5.82 Å². The summed E-state index contributed by atoms with van der Waals surface area (Å²) in [5, 5.41) is 12.6. The number of thiazole rings is 1. The number of hydrogen-bond donors (Lipinski definition) is 1. The van der Waals surface area contributed by atoms with Gasteiger partial charge in [-0.25, -0.2) is 4.98 Å². The fourth-order valence-electron chi connectivity index (χ4n) is 2.99. The number of benzene rings is 2. The van der Waals surface area contributed by atoms with Gasteiger partial charge in [-0.05, 0) is 43.7 Å². The van der Waals surface area contributed by atoms with Gasteiger partial charge in [-0.3, -0.25) is 4.79 Å². The van der Waals surface area contributed by atoms with Crippen molar-refractivity contribution in [3.05, 3.63) is 72.6 Å². The van der Waals surface area contributed by atoms with Gasteiger partial charge in [-0.15, -0.1) is 28.5 Å². The van der Waals surface area contributed by atoms with Crippen LogP contribution < -0.4 is 5.32 Å². The van der Waals surface area contributed by atoms with E-state index in [1.165, 1.54) is 33.6 Å². The van der Waals surface area contributed by atoms with Crippen LogP contribution >= 0.6 is 34.9 Å². The molecule has 1 amide bonds. The number of anilines is 1. The number of allylic oxidation sites excluding steroid dienone is 1. The van der Waals surface area contributed by atoms with Gasteiger partial charge in [0.2, 0.25) is 5.91 Å². The summed E-state index contributed by atoms with van der Waals surface area (Å²) in [5.74, 6) is 1.44. The molecule has 6 nitrogen and oxygen atoms in total. The molecule has 0 aliphatic heterocycles. The second kappa shape index (κ2) is 10.3. The highest BCUT2D eigenvalue weighted by Gasteiger charge is 2.21. The van der Waals surface area contributed by atoms with Gasteiger partial charge in [0.25, 0.3) is 0 Å². The molecule has 0 radical (unpaired) electrons. The number of hydrogen-bond acceptors (Lipinski definition) is 7. The highest BCUT2D eigenvalue weighted by Crippen LogP contribution is 2.29. The maximum Gasteiger partial charge on any atom is 0.239 e. The summed E-state index contributed by atoms with van der Waals surface area (Å²) in [6.45, 7) is 8.35. The van der Waals surface area contributed by atoms with Crippen LogP contribution in [0.15, 0.2) is 71.2 Å². The number of carbonyl (C=O) groups is 1. The number of thioether (sulfide) groups is 2. The molecule has 4 rings (SSSR count). The Kier molecular flexibility index (Phi) is 7.29. The van der Waals surface area contributed by atoms with Crippen molar-refractivity contribution in [3.63, 3.8) is 0 Å². The summed E-state index contributed by atoms with van der Waals surface area (Å²) in [7, 11) is 0. The average Bonchev–Trinajstić information content (AvgIpc) is 3.36. The number of nitrogens with one attached hydrogen (secondary N) is 1. The van der Waals surface area contributed by atoms with E-state index in [1.54, 1.807) is 11.8 Å². The Labute approximate surface area is 199 Å². The van der Waals surface area contributed by atoms with E-state index < -0.39 is 0 Å². The zero-order valence-corrected chi connectivity index (χ0v) is 20.3. The lowest BCUT2D eigenvalue weighted by atomic mass is 10.2. The van der Waals surface area contributed by atoms with Crippen molar-refractivity contribution in [2.24, 2.45) is 0 Å². The number of amides is 1. The smallest absolute Gasteiger partial charge is 0.239 e. The molecule has 0 bridgehead atoms. The van der Waals surface area contributed by atoms with Crippen molar-refractivity contribution in [2.75, 3.05) is 5.32 Å². The van der Waals surface area contributed by atoms with Crippen LogP contribution in [-0.4, -0.2) is 30.9 Å². The summed E-state index contributed by atoms with van der Waals surface area (Å²) >= 11 is 4.57. The van der Waals surface area contributed by atoms with E-state index in [0.717, 1.165) is 16.0 Å². The van der Waals surface area contributed by atoms with E-state index in [0.29, 0.717) is 22.6 Å². The first-order valence-electron chi connectivity index (χ1n) is 10.1. The lowest BCUT2D eigenvalue weighted by Crippen LogP contribution is -2.22. The average molecular weight is 482 g/mol. The van der Waals surface area contributed by atoms with Crippen LogP contribution in [-0.2, 0) is 17.1 Å². The molecule has 0 fully saturated rings. The predicted octanol–water partition coefficient (Wildman–Crippen LogP) is 5.79. The van der Waals surface area contributed by atoms with Crippen molar-refractivity contribution in [1.82, 2.24) is 19.7 Å². The monoisotopic (exact) mass is 481 g/mol. The normalized spacial score (nSPS) is 12.1. The molecule has 32 heavy (non-hydrogen) atoms. The number of nitrogens with zero attached hydrogens (tertiary/aromatic N) is 4. The summed E-state index contributed by atoms with van der Waals surface area (Å²) in [5.41, 5.74) is 2.06. The first kappa shape index (κ1) is 22.6. The molecule has 4 aromatic rings. The Hall–Kier alpha value is -2.62. The molecule has 1 unspecified atom stereocenters. The number of aromatic nitrogens is 4. The van der Waals surface area contributed by atoms with Gasteiger partial charge >= 0.3 is 0 Å². The Morgan fingerprint density at radius 1 is 1.25 bits per heavy atom. The van der Waals surface area contributed by atoms with Gasteiger partial charge < -0.3 is 9.88 Å². The largest absolute Gasteiger partial charge is 0.301 e. The molecule has 1 atom stereocenters. The third-order valence-electron chi connectivity index (χ3n) is 4.64. The maximum atomic E-state index is 12.8. The van der Waals surface area contributed by atoms with Gasteiger partial charge in [0.15, 0.2) is 10.3 Å². The van der Waals surface area contributed by atoms with Crippen molar-refractivity contribution in [3.8, 4) is 0 Å².